The minimum atomic E-state index is 0.545. The summed E-state index contributed by atoms with van der Waals surface area (Å²) < 4.78 is 0. The predicted octanol–water partition coefficient (Wildman–Crippen LogP) is 2.08. The zero-order valence-electron chi connectivity index (χ0n) is 12.1. The third kappa shape index (κ3) is 3.55. The quantitative estimate of drug-likeness (QED) is 0.836. The minimum absolute atomic E-state index is 0.545. The Labute approximate surface area is 115 Å². The summed E-state index contributed by atoms with van der Waals surface area (Å²) in [6.45, 7) is 6.03. The van der Waals surface area contributed by atoms with Gasteiger partial charge in [0.1, 0.15) is 5.82 Å². The normalized spacial score (nSPS) is 13.3. The highest BCUT2D eigenvalue weighted by Gasteiger charge is 2.08. The van der Waals surface area contributed by atoms with Gasteiger partial charge in [0.2, 0.25) is 0 Å². The number of likely N-dealkylation sites (N-methyl/N-ethyl adjacent to an activating group) is 1. The molecule has 0 aliphatic carbocycles. The molecular formula is C15H24N4. The number of hydrogen-bond acceptors (Lipinski definition) is 3. The Kier molecular flexibility index (Phi) is 4.56. The number of imidazole rings is 1. The van der Waals surface area contributed by atoms with E-state index in [1.807, 2.05) is 6.92 Å². The summed E-state index contributed by atoms with van der Waals surface area (Å²) in [4.78, 5) is 10.1. The first kappa shape index (κ1) is 14.0. The van der Waals surface area contributed by atoms with Crippen molar-refractivity contribution in [2.24, 2.45) is 5.73 Å². The number of nitrogens with zero attached hydrogens (tertiary/aromatic N) is 2. The van der Waals surface area contributed by atoms with Gasteiger partial charge >= 0.3 is 0 Å². The lowest BCUT2D eigenvalue weighted by atomic mass is 10.1. The van der Waals surface area contributed by atoms with Crippen molar-refractivity contribution < 1.29 is 0 Å². The van der Waals surface area contributed by atoms with Crippen LogP contribution in [0, 0.1) is 6.92 Å². The molecule has 0 amide bonds. The summed E-state index contributed by atoms with van der Waals surface area (Å²) in [5.74, 6) is 0.973. The Bertz CT molecular complexity index is 532. The van der Waals surface area contributed by atoms with Crippen LogP contribution in [0.2, 0.25) is 0 Å². The van der Waals surface area contributed by atoms with E-state index in [1.54, 1.807) is 0 Å². The van der Waals surface area contributed by atoms with Gasteiger partial charge in [-0.3, -0.25) is 0 Å². The second-order valence-electron chi connectivity index (χ2n) is 5.33. The molecule has 104 valence electrons. The summed E-state index contributed by atoms with van der Waals surface area (Å²) in [6, 6.07) is 7.02. The fourth-order valence-corrected chi connectivity index (χ4v) is 2.33. The van der Waals surface area contributed by atoms with Crippen molar-refractivity contribution in [1.29, 1.82) is 0 Å². The van der Waals surface area contributed by atoms with E-state index in [4.69, 9.17) is 5.73 Å². The molecule has 1 aromatic heterocycles. The van der Waals surface area contributed by atoms with Gasteiger partial charge < -0.3 is 15.6 Å². The van der Waals surface area contributed by atoms with E-state index in [-0.39, 0.29) is 0 Å². The van der Waals surface area contributed by atoms with Crippen LogP contribution < -0.4 is 5.73 Å². The summed E-state index contributed by atoms with van der Waals surface area (Å²) in [7, 11) is 2.17. The van der Waals surface area contributed by atoms with Crippen LogP contribution >= 0.6 is 0 Å². The molecule has 0 aliphatic rings. The van der Waals surface area contributed by atoms with Crippen LogP contribution in [-0.2, 0) is 6.42 Å². The maximum Gasteiger partial charge on any atom is 0.104 e. The Hall–Kier alpha value is -1.39. The number of hydrogen-bond donors (Lipinski definition) is 2. The first-order valence-corrected chi connectivity index (χ1v) is 6.95. The summed E-state index contributed by atoms with van der Waals surface area (Å²) >= 11 is 0. The second kappa shape index (κ2) is 6.17. The SMILES string of the molecule is Cc1nc2ccc(CCN(C)C(C)CCN)cc2[nH]1. The molecule has 1 unspecified atom stereocenters. The van der Waals surface area contributed by atoms with E-state index in [2.05, 4.69) is 47.0 Å². The number of aromatic nitrogens is 2. The first-order valence-electron chi connectivity index (χ1n) is 6.95. The largest absolute Gasteiger partial charge is 0.342 e. The van der Waals surface area contributed by atoms with Crippen LogP contribution in [0.15, 0.2) is 18.2 Å². The smallest absolute Gasteiger partial charge is 0.104 e. The van der Waals surface area contributed by atoms with Crippen LogP contribution in [0.4, 0.5) is 0 Å². The Morgan fingerprint density at radius 3 is 2.95 bits per heavy atom. The average Bonchev–Trinajstić information content (AvgIpc) is 2.75. The van der Waals surface area contributed by atoms with Gasteiger partial charge in [-0.05, 0) is 58.0 Å². The van der Waals surface area contributed by atoms with E-state index in [0.717, 1.165) is 42.8 Å². The van der Waals surface area contributed by atoms with Crippen molar-refractivity contribution >= 4 is 11.0 Å². The van der Waals surface area contributed by atoms with Crippen LogP contribution in [-0.4, -0.2) is 41.0 Å². The van der Waals surface area contributed by atoms with Gasteiger partial charge in [-0.15, -0.1) is 0 Å². The molecule has 0 saturated carbocycles. The van der Waals surface area contributed by atoms with Crippen molar-refractivity contribution in [1.82, 2.24) is 14.9 Å². The van der Waals surface area contributed by atoms with Crippen molar-refractivity contribution in [3.8, 4) is 0 Å². The summed E-state index contributed by atoms with van der Waals surface area (Å²) in [5.41, 5.74) is 9.13. The van der Waals surface area contributed by atoms with E-state index in [9.17, 15) is 0 Å². The molecule has 2 rings (SSSR count). The van der Waals surface area contributed by atoms with Crippen LogP contribution in [0.5, 0.6) is 0 Å². The van der Waals surface area contributed by atoms with E-state index in [0.29, 0.717) is 6.04 Å². The summed E-state index contributed by atoms with van der Waals surface area (Å²) in [5, 5.41) is 0. The van der Waals surface area contributed by atoms with Crippen LogP contribution in [0.25, 0.3) is 11.0 Å². The highest BCUT2D eigenvalue weighted by atomic mass is 15.1. The van der Waals surface area contributed by atoms with E-state index >= 15 is 0 Å². The van der Waals surface area contributed by atoms with Gasteiger partial charge in [0, 0.05) is 12.6 Å². The molecule has 0 aliphatic heterocycles. The Morgan fingerprint density at radius 1 is 1.42 bits per heavy atom. The molecule has 19 heavy (non-hydrogen) atoms. The molecule has 0 spiro atoms. The number of aromatic amines is 1. The molecule has 1 atom stereocenters. The number of benzene rings is 1. The number of nitrogens with two attached hydrogens (primary N) is 1. The van der Waals surface area contributed by atoms with Gasteiger partial charge in [-0.25, -0.2) is 4.98 Å². The standard InChI is InChI=1S/C15H24N4/c1-11(6-8-16)19(3)9-7-13-4-5-14-15(10-13)18-12(2)17-14/h4-5,10-11H,6-9,16H2,1-3H3,(H,17,18). The number of rotatable bonds is 6. The fraction of sp³-hybridized carbons (Fsp3) is 0.533. The van der Waals surface area contributed by atoms with Gasteiger partial charge in [-0.2, -0.15) is 0 Å². The van der Waals surface area contributed by atoms with Crippen molar-refractivity contribution in [2.75, 3.05) is 20.1 Å². The molecule has 0 bridgehead atoms. The third-order valence-electron chi connectivity index (χ3n) is 3.75. The lowest BCUT2D eigenvalue weighted by Gasteiger charge is -2.24. The maximum atomic E-state index is 5.60. The van der Waals surface area contributed by atoms with Crippen LogP contribution in [0.1, 0.15) is 24.7 Å². The zero-order chi connectivity index (χ0) is 13.8. The van der Waals surface area contributed by atoms with Crippen LogP contribution in [0.3, 0.4) is 0 Å². The van der Waals surface area contributed by atoms with Gasteiger partial charge in [0.15, 0.2) is 0 Å². The van der Waals surface area contributed by atoms with Crippen molar-refractivity contribution in [3.05, 3.63) is 29.6 Å². The molecule has 0 fully saturated rings. The minimum Gasteiger partial charge on any atom is -0.342 e. The third-order valence-corrected chi connectivity index (χ3v) is 3.75. The van der Waals surface area contributed by atoms with Gasteiger partial charge in [0.25, 0.3) is 0 Å². The van der Waals surface area contributed by atoms with E-state index in [1.165, 1.54) is 5.56 Å². The molecule has 0 saturated heterocycles. The number of H-pyrrole nitrogens is 1. The van der Waals surface area contributed by atoms with Gasteiger partial charge in [0.05, 0.1) is 11.0 Å². The first-order chi connectivity index (χ1) is 9.10. The molecule has 2 aromatic rings. The average molecular weight is 260 g/mol. The highest BCUT2D eigenvalue weighted by molar-refractivity contribution is 5.75. The Balaban J connectivity index is 1.97. The molecule has 1 heterocycles. The topological polar surface area (TPSA) is 57.9 Å². The monoisotopic (exact) mass is 260 g/mol. The molecule has 4 heteroatoms. The van der Waals surface area contributed by atoms with Crippen molar-refractivity contribution in [3.63, 3.8) is 0 Å². The molecule has 1 aromatic carbocycles. The van der Waals surface area contributed by atoms with Gasteiger partial charge in [-0.1, -0.05) is 6.07 Å². The van der Waals surface area contributed by atoms with E-state index < -0.39 is 0 Å². The number of aryl methyl sites for hydroxylation is 1. The fourth-order valence-electron chi connectivity index (χ4n) is 2.33. The Morgan fingerprint density at radius 2 is 2.21 bits per heavy atom. The summed E-state index contributed by atoms with van der Waals surface area (Å²) in [6.07, 6.45) is 2.11. The second-order valence-corrected chi connectivity index (χ2v) is 5.33. The molecular weight excluding hydrogens is 236 g/mol. The number of nitrogens with one attached hydrogen (secondary N) is 1. The number of fused-ring (bicyclic) bond motifs is 1. The predicted molar refractivity (Wildman–Crippen MR) is 80.3 cm³/mol. The lowest BCUT2D eigenvalue weighted by Crippen LogP contribution is -2.32. The lowest BCUT2D eigenvalue weighted by molar-refractivity contribution is 0.251. The molecule has 0 radical (unpaired) electrons. The van der Waals surface area contributed by atoms with Crippen molar-refractivity contribution in [2.45, 2.75) is 32.7 Å². The molecule has 4 nitrogen and oxygen atoms in total. The highest BCUT2D eigenvalue weighted by Crippen LogP contribution is 2.14. The maximum absolute atomic E-state index is 5.60. The zero-order valence-corrected chi connectivity index (χ0v) is 12.1. The molecule has 3 N–H and O–H groups in total.